The summed E-state index contributed by atoms with van der Waals surface area (Å²) in [5, 5.41) is 9.22. The fraction of sp³-hybridized carbons (Fsp3) is 0.235. The van der Waals surface area contributed by atoms with E-state index in [0.717, 1.165) is 33.6 Å². The number of rotatable bonds is 3. The zero-order valence-electron chi connectivity index (χ0n) is 12.2. The maximum atomic E-state index is 11.2. The Balaban J connectivity index is 2.66. The van der Waals surface area contributed by atoms with Crippen LogP contribution in [0.4, 0.5) is 0 Å². The number of carboxylic acid groups (broad SMARTS) is 1. The lowest BCUT2D eigenvalue weighted by atomic mass is 9.92. The third-order valence-corrected chi connectivity index (χ3v) is 3.60. The maximum Gasteiger partial charge on any atom is 0.335 e. The predicted molar refractivity (Wildman–Crippen MR) is 79.6 cm³/mol. The van der Waals surface area contributed by atoms with Gasteiger partial charge in [0.15, 0.2) is 0 Å². The highest BCUT2D eigenvalue weighted by atomic mass is 16.5. The van der Waals surface area contributed by atoms with Gasteiger partial charge in [0, 0.05) is 0 Å². The van der Waals surface area contributed by atoms with Crippen LogP contribution in [0.3, 0.4) is 0 Å². The van der Waals surface area contributed by atoms with Crippen LogP contribution < -0.4 is 4.74 Å². The summed E-state index contributed by atoms with van der Waals surface area (Å²) in [5.41, 5.74) is 5.23. The Morgan fingerprint density at radius 2 is 1.75 bits per heavy atom. The lowest BCUT2D eigenvalue weighted by Gasteiger charge is -2.14. The normalized spacial score (nSPS) is 10.4. The van der Waals surface area contributed by atoms with Crippen LogP contribution in [0.2, 0.25) is 0 Å². The summed E-state index contributed by atoms with van der Waals surface area (Å²) in [6.07, 6.45) is 0. The zero-order valence-corrected chi connectivity index (χ0v) is 12.2. The molecule has 0 aliphatic rings. The van der Waals surface area contributed by atoms with Gasteiger partial charge in [-0.2, -0.15) is 0 Å². The number of carboxylic acids is 1. The van der Waals surface area contributed by atoms with Gasteiger partial charge in [0.1, 0.15) is 5.75 Å². The predicted octanol–water partition coefficient (Wildman–Crippen LogP) is 3.99. The second kappa shape index (κ2) is 5.37. The molecule has 2 aromatic rings. The highest BCUT2D eigenvalue weighted by Crippen LogP contribution is 2.32. The lowest BCUT2D eigenvalue weighted by Crippen LogP contribution is -2.01. The average molecular weight is 270 g/mol. The van der Waals surface area contributed by atoms with Gasteiger partial charge in [-0.3, -0.25) is 0 Å². The maximum absolute atomic E-state index is 11.2. The molecule has 20 heavy (non-hydrogen) atoms. The molecule has 2 rings (SSSR count). The SMILES string of the molecule is COc1cc(C)c(-c2cccc(C(=O)O)c2C)cc1C. The van der Waals surface area contributed by atoms with Crippen LogP contribution in [0.15, 0.2) is 30.3 Å². The van der Waals surface area contributed by atoms with Gasteiger partial charge in [-0.15, -0.1) is 0 Å². The molecule has 0 bridgehead atoms. The van der Waals surface area contributed by atoms with E-state index in [9.17, 15) is 9.90 Å². The fourth-order valence-electron chi connectivity index (χ4n) is 2.46. The molecule has 0 aliphatic heterocycles. The number of carbonyl (C=O) groups is 1. The Labute approximate surface area is 118 Å². The van der Waals surface area contributed by atoms with Crippen molar-refractivity contribution in [3.63, 3.8) is 0 Å². The first-order valence-electron chi connectivity index (χ1n) is 6.44. The Hall–Kier alpha value is -2.29. The number of hydrogen-bond acceptors (Lipinski definition) is 2. The van der Waals surface area contributed by atoms with E-state index in [1.54, 1.807) is 19.2 Å². The van der Waals surface area contributed by atoms with Gasteiger partial charge in [-0.1, -0.05) is 12.1 Å². The summed E-state index contributed by atoms with van der Waals surface area (Å²) in [4.78, 5) is 11.2. The number of methoxy groups -OCH3 is 1. The minimum absolute atomic E-state index is 0.343. The van der Waals surface area contributed by atoms with Crippen LogP contribution in [0.1, 0.15) is 27.0 Å². The smallest absolute Gasteiger partial charge is 0.335 e. The molecule has 0 fully saturated rings. The topological polar surface area (TPSA) is 46.5 Å². The molecule has 0 unspecified atom stereocenters. The molecule has 0 aliphatic carbocycles. The van der Waals surface area contributed by atoms with Gasteiger partial charge in [-0.25, -0.2) is 4.79 Å². The number of aromatic carboxylic acids is 1. The van der Waals surface area contributed by atoms with Crippen molar-refractivity contribution in [1.29, 1.82) is 0 Å². The van der Waals surface area contributed by atoms with Crippen LogP contribution in [-0.2, 0) is 0 Å². The minimum atomic E-state index is -0.896. The third kappa shape index (κ3) is 2.39. The van der Waals surface area contributed by atoms with Crippen LogP contribution in [0.25, 0.3) is 11.1 Å². The molecule has 0 atom stereocenters. The molecule has 3 heteroatoms. The van der Waals surface area contributed by atoms with Crippen molar-refractivity contribution in [3.05, 3.63) is 52.6 Å². The van der Waals surface area contributed by atoms with Gasteiger partial charge in [-0.05, 0) is 66.8 Å². The molecule has 0 aromatic heterocycles. The van der Waals surface area contributed by atoms with Gasteiger partial charge in [0.05, 0.1) is 12.7 Å². The largest absolute Gasteiger partial charge is 0.496 e. The van der Waals surface area contributed by atoms with Crippen LogP contribution in [0.5, 0.6) is 5.75 Å². The van der Waals surface area contributed by atoms with Crippen molar-refractivity contribution in [2.24, 2.45) is 0 Å². The van der Waals surface area contributed by atoms with E-state index < -0.39 is 5.97 Å². The number of ether oxygens (including phenoxy) is 1. The number of hydrogen-bond donors (Lipinski definition) is 1. The molecule has 0 radical (unpaired) electrons. The second-order valence-corrected chi connectivity index (χ2v) is 4.92. The molecule has 2 aromatic carbocycles. The van der Waals surface area contributed by atoms with E-state index in [1.807, 2.05) is 39.0 Å². The Bertz CT molecular complexity index is 672. The monoisotopic (exact) mass is 270 g/mol. The van der Waals surface area contributed by atoms with Crippen LogP contribution in [0, 0.1) is 20.8 Å². The first kappa shape index (κ1) is 14.1. The number of aryl methyl sites for hydroxylation is 2. The average Bonchev–Trinajstić information content (AvgIpc) is 2.41. The van der Waals surface area contributed by atoms with Crippen molar-refractivity contribution in [2.45, 2.75) is 20.8 Å². The molecule has 0 spiro atoms. The van der Waals surface area contributed by atoms with E-state index in [-0.39, 0.29) is 0 Å². The molecule has 0 saturated heterocycles. The summed E-state index contributed by atoms with van der Waals surface area (Å²) in [5.74, 6) is -0.0504. The molecule has 1 N–H and O–H groups in total. The first-order valence-corrected chi connectivity index (χ1v) is 6.44. The van der Waals surface area contributed by atoms with Crippen molar-refractivity contribution in [2.75, 3.05) is 7.11 Å². The number of benzene rings is 2. The van der Waals surface area contributed by atoms with Crippen LogP contribution in [-0.4, -0.2) is 18.2 Å². The van der Waals surface area contributed by atoms with Gasteiger partial charge < -0.3 is 9.84 Å². The molecular formula is C17H18O3. The lowest BCUT2D eigenvalue weighted by molar-refractivity contribution is 0.0696. The van der Waals surface area contributed by atoms with E-state index in [1.165, 1.54) is 0 Å². The highest BCUT2D eigenvalue weighted by molar-refractivity contribution is 5.92. The van der Waals surface area contributed by atoms with E-state index in [4.69, 9.17) is 4.74 Å². The second-order valence-electron chi connectivity index (χ2n) is 4.92. The minimum Gasteiger partial charge on any atom is -0.496 e. The fourth-order valence-corrected chi connectivity index (χ4v) is 2.46. The van der Waals surface area contributed by atoms with E-state index >= 15 is 0 Å². The molecule has 0 saturated carbocycles. The van der Waals surface area contributed by atoms with Gasteiger partial charge >= 0.3 is 5.97 Å². The Morgan fingerprint density at radius 1 is 1.05 bits per heavy atom. The molecular weight excluding hydrogens is 252 g/mol. The summed E-state index contributed by atoms with van der Waals surface area (Å²) in [6.45, 7) is 5.83. The first-order chi connectivity index (χ1) is 9.45. The molecule has 0 heterocycles. The van der Waals surface area contributed by atoms with Crippen molar-refractivity contribution >= 4 is 5.97 Å². The molecule has 3 nitrogen and oxygen atoms in total. The van der Waals surface area contributed by atoms with Crippen molar-refractivity contribution in [3.8, 4) is 16.9 Å². The summed E-state index contributed by atoms with van der Waals surface area (Å²) in [7, 11) is 1.65. The molecule has 104 valence electrons. The van der Waals surface area contributed by atoms with E-state index in [2.05, 4.69) is 0 Å². The standard InChI is InChI=1S/C17H18O3/c1-10-9-16(20-4)11(2)8-15(10)13-6-5-7-14(12(13)3)17(18)19/h5-9H,1-4H3,(H,18,19). The van der Waals surface area contributed by atoms with Gasteiger partial charge in [0.25, 0.3) is 0 Å². The molecule has 0 amide bonds. The third-order valence-electron chi connectivity index (χ3n) is 3.60. The highest BCUT2D eigenvalue weighted by Gasteiger charge is 2.14. The van der Waals surface area contributed by atoms with Gasteiger partial charge in [0.2, 0.25) is 0 Å². The summed E-state index contributed by atoms with van der Waals surface area (Å²) < 4.78 is 5.31. The summed E-state index contributed by atoms with van der Waals surface area (Å²) >= 11 is 0. The zero-order chi connectivity index (χ0) is 14.9. The van der Waals surface area contributed by atoms with Crippen molar-refractivity contribution in [1.82, 2.24) is 0 Å². The van der Waals surface area contributed by atoms with Crippen LogP contribution >= 0.6 is 0 Å². The Kier molecular flexibility index (Phi) is 3.79. The van der Waals surface area contributed by atoms with Crippen molar-refractivity contribution < 1.29 is 14.6 Å². The van der Waals surface area contributed by atoms with E-state index in [0.29, 0.717) is 5.56 Å². The quantitative estimate of drug-likeness (QED) is 0.917. The summed E-state index contributed by atoms with van der Waals surface area (Å²) in [6, 6.07) is 9.40. The Morgan fingerprint density at radius 3 is 2.35 bits per heavy atom.